The Labute approximate surface area is 120 Å². The first-order chi connectivity index (χ1) is 9.70. The number of aromatic nitrogens is 2. The Morgan fingerprint density at radius 3 is 2.80 bits per heavy atom. The lowest BCUT2D eigenvalue weighted by atomic mass is 10.1. The summed E-state index contributed by atoms with van der Waals surface area (Å²) >= 11 is 1.66. The van der Waals surface area contributed by atoms with Crippen LogP contribution in [0, 0.1) is 25.2 Å². The molecule has 3 rings (SSSR count). The quantitative estimate of drug-likeness (QED) is 0.772. The Bertz CT molecular complexity index is 829. The van der Waals surface area contributed by atoms with E-state index in [-0.39, 0.29) is 0 Å². The molecule has 2 heterocycles. The maximum atomic E-state index is 9.15. The van der Waals surface area contributed by atoms with Crippen molar-refractivity contribution in [2.45, 2.75) is 13.8 Å². The van der Waals surface area contributed by atoms with Gasteiger partial charge in [0.15, 0.2) is 0 Å². The fraction of sp³-hybridized carbons (Fsp3) is 0.133. The lowest BCUT2D eigenvalue weighted by Crippen LogP contribution is -1.97. The zero-order valence-corrected chi connectivity index (χ0v) is 12.0. The average molecular weight is 280 g/mol. The topological polar surface area (TPSA) is 61.6 Å². The van der Waals surface area contributed by atoms with Crippen LogP contribution in [0.4, 0.5) is 11.5 Å². The summed E-state index contributed by atoms with van der Waals surface area (Å²) in [5, 5.41) is 13.4. The van der Waals surface area contributed by atoms with Crippen LogP contribution in [0.1, 0.15) is 16.0 Å². The third-order valence-corrected chi connectivity index (χ3v) is 4.38. The van der Waals surface area contributed by atoms with Gasteiger partial charge < -0.3 is 5.32 Å². The third-order valence-electron chi connectivity index (χ3n) is 3.27. The maximum Gasteiger partial charge on any atom is 0.142 e. The van der Waals surface area contributed by atoms with Gasteiger partial charge >= 0.3 is 0 Å². The van der Waals surface area contributed by atoms with Crippen LogP contribution in [-0.4, -0.2) is 9.97 Å². The fourth-order valence-corrected chi connectivity index (χ4v) is 3.09. The zero-order valence-electron chi connectivity index (χ0n) is 11.1. The van der Waals surface area contributed by atoms with E-state index in [0.29, 0.717) is 5.56 Å². The molecule has 0 aliphatic heterocycles. The lowest BCUT2D eigenvalue weighted by Gasteiger charge is -2.08. The standard InChI is InChI=1S/C15H12N4S/c1-9-10(2)20-15-13(9)14(17-8-18-15)19-12-6-4-3-5-11(12)7-16/h3-6,8H,1-2H3,(H,17,18,19). The van der Waals surface area contributed by atoms with Crippen molar-refractivity contribution in [3.05, 3.63) is 46.6 Å². The number of fused-ring (bicyclic) bond motifs is 1. The number of benzene rings is 1. The molecule has 0 radical (unpaired) electrons. The van der Waals surface area contributed by atoms with Crippen LogP contribution in [0.25, 0.3) is 10.2 Å². The van der Waals surface area contributed by atoms with Gasteiger partial charge in [0.05, 0.1) is 16.6 Å². The first-order valence-electron chi connectivity index (χ1n) is 6.17. The second-order valence-electron chi connectivity index (χ2n) is 4.47. The van der Waals surface area contributed by atoms with Gasteiger partial charge in [-0.05, 0) is 31.5 Å². The summed E-state index contributed by atoms with van der Waals surface area (Å²) in [5.74, 6) is 0.750. The third kappa shape index (κ3) is 2.00. The Kier molecular flexibility index (Phi) is 3.09. The van der Waals surface area contributed by atoms with E-state index in [0.717, 1.165) is 21.7 Å². The summed E-state index contributed by atoms with van der Waals surface area (Å²) < 4.78 is 0. The summed E-state index contributed by atoms with van der Waals surface area (Å²) in [7, 11) is 0. The van der Waals surface area contributed by atoms with Crippen LogP contribution in [0.15, 0.2) is 30.6 Å². The van der Waals surface area contributed by atoms with Crippen molar-refractivity contribution in [2.24, 2.45) is 0 Å². The number of nitrogens with one attached hydrogen (secondary N) is 1. The van der Waals surface area contributed by atoms with Gasteiger partial charge in [0.2, 0.25) is 0 Å². The molecular formula is C15H12N4S. The molecule has 3 aromatic rings. The Morgan fingerprint density at radius 2 is 2.00 bits per heavy atom. The highest BCUT2D eigenvalue weighted by Gasteiger charge is 2.12. The van der Waals surface area contributed by atoms with E-state index in [1.54, 1.807) is 23.7 Å². The van der Waals surface area contributed by atoms with Gasteiger partial charge in [0.25, 0.3) is 0 Å². The molecule has 0 amide bonds. The van der Waals surface area contributed by atoms with Crippen molar-refractivity contribution < 1.29 is 0 Å². The van der Waals surface area contributed by atoms with Gasteiger partial charge in [-0.1, -0.05) is 12.1 Å². The van der Waals surface area contributed by atoms with E-state index >= 15 is 0 Å². The Morgan fingerprint density at radius 1 is 1.20 bits per heavy atom. The minimum absolute atomic E-state index is 0.601. The maximum absolute atomic E-state index is 9.15. The summed E-state index contributed by atoms with van der Waals surface area (Å²) in [6.07, 6.45) is 1.55. The molecule has 0 aliphatic rings. The highest BCUT2D eigenvalue weighted by Crippen LogP contribution is 2.34. The molecule has 0 fully saturated rings. The van der Waals surface area contributed by atoms with Crippen molar-refractivity contribution in [1.82, 2.24) is 9.97 Å². The van der Waals surface area contributed by atoms with E-state index in [1.165, 1.54) is 10.4 Å². The molecule has 0 saturated heterocycles. The van der Waals surface area contributed by atoms with Crippen LogP contribution in [0.5, 0.6) is 0 Å². The largest absolute Gasteiger partial charge is 0.338 e. The number of hydrogen-bond donors (Lipinski definition) is 1. The first kappa shape index (κ1) is 12.6. The van der Waals surface area contributed by atoms with Crippen molar-refractivity contribution >= 4 is 33.1 Å². The summed E-state index contributed by atoms with van der Waals surface area (Å²) in [4.78, 5) is 10.8. The highest BCUT2D eigenvalue weighted by atomic mass is 32.1. The second kappa shape index (κ2) is 4.91. The summed E-state index contributed by atoms with van der Waals surface area (Å²) in [6.45, 7) is 4.15. The Hall–Kier alpha value is -2.45. The number of para-hydroxylation sites is 1. The predicted octanol–water partition coefficient (Wildman–Crippen LogP) is 3.92. The van der Waals surface area contributed by atoms with Gasteiger partial charge in [0.1, 0.15) is 23.0 Å². The van der Waals surface area contributed by atoms with Gasteiger partial charge in [-0.25, -0.2) is 9.97 Å². The van der Waals surface area contributed by atoms with Crippen molar-refractivity contribution in [1.29, 1.82) is 5.26 Å². The van der Waals surface area contributed by atoms with E-state index < -0.39 is 0 Å². The predicted molar refractivity (Wildman–Crippen MR) is 81.3 cm³/mol. The SMILES string of the molecule is Cc1sc2ncnc(Nc3ccccc3C#N)c2c1C. The molecule has 5 heteroatoms. The smallest absolute Gasteiger partial charge is 0.142 e. The zero-order chi connectivity index (χ0) is 14.1. The van der Waals surface area contributed by atoms with Crippen LogP contribution in [0.2, 0.25) is 0 Å². The van der Waals surface area contributed by atoms with Crippen LogP contribution < -0.4 is 5.32 Å². The molecule has 0 bridgehead atoms. The van der Waals surface area contributed by atoms with Crippen molar-refractivity contribution in [2.75, 3.05) is 5.32 Å². The molecule has 20 heavy (non-hydrogen) atoms. The van der Waals surface area contributed by atoms with E-state index in [1.807, 2.05) is 18.2 Å². The molecule has 0 saturated carbocycles. The number of aryl methyl sites for hydroxylation is 2. The molecule has 98 valence electrons. The van der Waals surface area contributed by atoms with Gasteiger partial charge in [-0.2, -0.15) is 5.26 Å². The molecule has 4 nitrogen and oxygen atoms in total. The van der Waals surface area contributed by atoms with E-state index in [2.05, 4.69) is 35.2 Å². The van der Waals surface area contributed by atoms with Crippen LogP contribution in [-0.2, 0) is 0 Å². The lowest BCUT2D eigenvalue weighted by molar-refractivity contribution is 1.22. The molecule has 0 atom stereocenters. The molecule has 1 N–H and O–H groups in total. The molecule has 1 aromatic carbocycles. The second-order valence-corrected chi connectivity index (χ2v) is 5.67. The number of nitriles is 1. The number of hydrogen-bond acceptors (Lipinski definition) is 5. The molecule has 2 aromatic heterocycles. The van der Waals surface area contributed by atoms with Crippen LogP contribution in [0.3, 0.4) is 0 Å². The van der Waals surface area contributed by atoms with Crippen molar-refractivity contribution in [3.63, 3.8) is 0 Å². The number of rotatable bonds is 2. The van der Waals surface area contributed by atoms with Gasteiger partial charge in [-0.3, -0.25) is 0 Å². The van der Waals surface area contributed by atoms with E-state index in [4.69, 9.17) is 5.26 Å². The first-order valence-corrected chi connectivity index (χ1v) is 6.99. The van der Waals surface area contributed by atoms with Gasteiger partial charge in [-0.15, -0.1) is 11.3 Å². The minimum Gasteiger partial charge on any atom is -0.338 e. The summed E-state index contributed by atoms with van der Waals surface area (Å²) in [6, 6.07) is 9.58. The summed E-state index contributed by atoms with van der Waals surface area (Å²) in [5.41, 5.74) is 2.55. The minimum atomic E-state index is 0.601. The molecule has 0 spiro atoms. The van der Waals surface area contributed by atoms with E-state index in [9.17, 15) is 0 Å². The Balaban J connectivity index is 2.14. The molecule has 0 aliphatic carbocycles. The monoisotopic (exact) mass is 280 g/mol. The number of anilines is 2. The normalized spacial score (nSPS) is 10.4. The van der Waals surface area contributed by atoms with Gasteiger partial charge in [0, 0.05) is 4.88 Å². The highest BCUT2D eigenvalue weighted by molar-refractivity contribution is 7.18. The number of nitrogens with zero attached hydrogens (tertiary/aromatic N) is 3. The molecule has 0 unspecified atom stereocenters. The molecular weight excluding hydrogens is 268 g/mol. The van der Waals surface area contributed by atoms with Crippen LogP contribution >= 0.6 is 11.3 Å². The van der Waals surface area contributed by atoms with Crippen molar-refractivity contribution in [3.8, 4) is 6.07 Å². The number of thiophene rings is 1. The average Bonchev–Trinajstić information content (AvgIpc) is 2.76. The fourth-order valence-electron chi connectivity index (χ4n) is 2.09.